The van der Waals surface area contributed by atoms with Gasteiger partial charge in [0.15, 0.2) is 0 Å². The van der Waals surface area contributed by atoms with Crippen molar-refractivity contribution < 1.29 is 0 Å². The molecule has 0 aliphatic heterocycles. The van der Waals surface area contributed by atoms with Crippen molar-refractivity contribution in [1.82, 2.24) is 0 Å². The molecule has 0 bridgehead atoms. The van der Waals surface area contributed by atoms with E-state index in [1.165, 1.54) is 16.7 Å². The molecule has 0 saturated heterocycles. The molecule has 0 aliphatic carbocycles. The van der Waals surface area contributed by atoms with Crippen molar-refractivity contribution in [3.63, 3.8) is 0 Å². The predicted molar refractivity (Wildman–Crippen MR) is 74.1 cm³/mol. The Morgan fingerprint density at radius 2 is 2.06 bits per heavy atom. The molecule has 0 aromatic heterocycles. The van der Waals surface area contributed by atoms with E-state index in [1.54, 1.807) is 0 Å². The van der Waals surface area contributed by atoms with Gasteiger partial charge in [0.05, 0.1) is 0 Å². The van der Waals surface area contributed by atoms with Crippen molar-refractivity contribution in [1.29, 1.82) is 0 Å². The highest BCUT2D eigenvalue weighted by Gasteiger charge is 2.03. The van der Waals surface area contributed by atoms with Crippen LogP contribution in [0.1, 0.15) is 30.5 Å². The van der Waals surface area contributed by atoms with Crippen molar-refractivity contribution in [3.05, 3.63) is 53.6 Å². The molecule has 0 N–H and O–H groups in total. The minimum atomic E-state index is 0.535. The van der Waals surface area contributed by atoms with Gasteiger partial charge < -0.3 is 0 Å². The van der Waals surface area contributed by atoms with Crippen molar-refractivity contribution in [3.8, 4) is 0 Å². The third-order valence-electron chi connectivity index (χ3n) is 2.71. The molecule has 0 unspecified atom stereocenters. The molecule has 16 heavy (non-hydrogen) atoms. The summed E-state index contributed by atoms with van der Waals surface area (Å²) in [6, 6.07) is 6.61. The van der Waals surface area contributed by atoms with Crippen LogP contribution in [-0.4, -0.2) is 5.88 Å². The molecule has 0 radical (unpaired) electrons. The fourth-order valence-electron chi connectivity index (χ4n) is 1.75. The predicted octanol–water partition coefficient (Wildman–Crippen LogP) is 4.62. The minimum absolute atomic E-state index is 0.535. The van der Waals surface area contributed by atoms with Gasteiger partial charge in [-0.25, -0.2) is 0 Å². The molecule has 0 fully saturated rings. The summed E-state index contributed by atoms with van der Waals surface area (Å²) in [5.41, 5.74) is 5.03. The summed E-state index contributed by atoms with van der Waals surface area (Å²) in [5.74, 6) is 0.535. The number of halogens is 1. The Hall–Kier alpha value is -1.01. The molecule has 0 amide bonds. The van der Waals surface area contributed by atoms with E-state index >= 15 is 0 Å². The molecule has 0 saturated carbocycles. The van der Waals surface area contributed by atoms with E-state index in [0.29, 0.717) is 5.88 Å². The Morgan fingerprint density at radius 3 is 2.62 bits per heavy atom. The Labute approximate surface area is 104 Å². The first-order valence-corrected chi connectivity index (χ1v) is 6.29. The Morgan fingerprint density at radius 1 is 1.31 bits per heavy atom. The Kier molecular flexibility index (Phi) is 5.34. The first-order chi connectivity index (χ1) is 7.72. The molecule has 1 rings (SSSR count). The summed E-state index contributed by atoms with van der Waals surface area (Å²) in [4.78, 5) is 0. The zero-order valence-corrected chi connectivity index (χ0v) is 10.8. The third-order valence-corrected chi connectivity index (χ3v) is 2.89. The van der Waals surface area contributed by atoms with Gasteiger partial charge in [-0.2, -0.15) is 0 Å². The zero-order chi connectivity index (χ0) is 12.0. The lowest BCUT2D eigenvalue weighted by molar-refractivity contribution is 1.08. The van der Waals surface area contributed by atoms with Gasteiger partial charge in [0.2, 0.25) is 0 Å². The van der Waals surface area contributed by atoms with Crippen molar-refractivity contribution in [2.75, 3.05) is 5.88 Å². The summed E-state index contributed by atoms with van der Waals surface area (Å²) >= 11 is 5.63. The van der Waals surface area contributed by atoms with E-state index in [4.69, 9.17) is 11.6 Å². The van der Waals surface area contributed by atoms with Crippen LogP contribution in [0.25, 0.3) is 5.57 Å². The van der Waals surface area contributed by atoms with E-state index < -0.39 is 0 Å². The first-order valence-electron chi connectivity index (χ1n) is 5.76. The van der Waals surface area contributed by atoms with Crippen LogP contribution in [0.5, 0.6) is 0 Å². The third kappa shape index (κ3) is 3.24. The number of allylic oxidation sites excluding steroid dienone is 3. The second-order valence-electron chi connectivity index (χ2n) is 3.78. The van der Waals surface area contributed by atoms with Gasteiger partial charge in [-0.05, 0) is 35.1 Å². The van der Waals surface area contributed by atoms with Crippen LogP contribution in [-0.2, 0) is 12.8 Å². The second-order valence-corrected chi connectivity index (χ2v) is 4.09. The van der Waals surface area contributed by atoms with Crippen molar-refractivity contribution in [2.45, 2.75) is 26.7 Å². The van der Waals surface area contributed by atoms with E-state index in [0.717, 1.165) is 18.4 Å². The maximum Gasteiger partial charge on any atom is 0.0407 e. The van der Waals surface area contributed by atoms with E-state index in [1.807, 2.05) is 12.2 Å². The van der Waals surface area contributed by atoms with Crippen LogP contribution in [0.15, 0.2) is 36.9 Å². The fourth-order valence-corrected chi connectivity index (χ4v) is 1.84. The van der Waals surface area contributed by atoms with Gasteiger partial charge in [0, 0.05) is 5.88 Å². The van der Waals surface area contributed by atoms with Gasteiger partial charge in [0.1, 0.15) is 0 Å². The fraction of sp³-hybridized carbons (Fsp3) is 0.333. The average molecular weight is 235 g/mol. The normalized spacial score (nSPS) is 10.9. The van der Waals surface area contributed by atoms with Crippen LogP contribution in [0, 0.1) is 0 Å². The van der Waals surface area contributed by atoms with Crippen LogP contribution in [0.2, 0.25) is 0 Å². The number of alkyl halides is 1. The first kappa shape index (κ1) is 13.1. The molecule has 0 nitrogen and oxygen atoms in total. The van der Waals surface area contributed by atoms with Crippen LogP contribution in [0.4, 0.5) is 0 Å². The molecular weight excluding hydrogens is 216 g/mol. The lowest BCUT2D eigenvalue weighted by atomic mass is 9.96. The molecule has 1 heteroatoms. The summed E-state index contributed by atoms with van der Waals surface area (Å²) in [6.45, 7) is 8.44. The Balaban J connectivity index is 3.03. The molecule has 0 atom stereocenters. The maximum absolute atomic E-state index is 5.63. The highest BCUT2D eigenvalue weighted by Crippen LogP contribution is 2.21. The van der Waals surface area contributed by atoms with E-state index in [9.17, 15) is 0 Å². The number of hydrogen-bond donors (Lipinski definition) is 0. The molecule has 1 aromatic rings. The summed E-state index contributed by atoms with van der Waals surface area (Å²) < 4.78 is 0. The largest absolute Gasteiger partial charge is 0.122 e. The van der Waals surface area contributed by atoms with Crippen LogP contribution in [0.3, 0.4) is 0 Å². The van der Waals surface area contributed by atoms with E-state index in [-0.39, 0.29) is 0 Å². The molecular formula is C15H19Cl. The van der Waals surface area contributed by atoms with Crippen molar-refractivity contribution in [2.24, 2.45) is 0 Å². The SMILES string of the molecule is C=C(/C=C\CCl)c1ccc(CC)cc1CC. The number of rotatable bonds is 5. The number of benzene rings is 1. The standard InChI is InChI=1S/C15H19Cl/c1-4-13-8-9-15(14(5-2)11-13)12(3)7-6-10-16/h6-9,11H,3-5,10H2,1-2H3/b7-6-. The molecule has 86 valence electrons. The van der Waals surface area contributed by atoms with Gasteiger partial charge in [-0.3, -0.25) is 0 Å². The lowest BCUT2D eigenvalue weighted by Crippen LogP contribution is -1.92. The maximum atomic E-state index is 5.63. The molecule has 0 aliphatic rings. The minimum Gasteiger partial charge on any atom is -0.122 e. The topological polar surface area (TPSA) is 0 Å². The van der Waals surface area contributed by atoms with Gasteiger partial charge in [-0.15, -0.1) is 11.6 Å². The monoisotopic (exact) mass is 234 g/mol. The highest BCUT2D eigenvalue weighted by atomic mass is 35.5. The molecule has 1 aromatic carbocycles. The summed E-state index contributed by atoms with van der Waals surface area (Å²) in [7, 11) is 0. The van der Waals surface area contributed by atoms with Gasteiger partial charge in [0.25, 0.3) is 0 Å². The van der Waals surface area contributed by atoms with Crippen molar-refractivity contribution >= 4 is 17.2 Å². The summed E-state index contributed by atoms with van der Waals surface area (Å²) in [5, 5.41) is 0. The van der Waals surface area contributed by atoms with Crippen LogP contribution < -0.4 is 0 Å². The molecule has 0 heterocycles. The zero-order valence-electron chi connectivity index (χ0n) is 10.1. The smallest absolute Gasteiger partial charge is 0.0407 e. The van der Waals surface area contributed by atoms with Gasteiger partial charge >= 0.3 is 0 Å². The number of aryl methyl sites for hydroxylation is 2. The van der Waals surface area contributed by atoms with Crippen LogP contribution >= 0.6 is 11.6 Å². The highest BCUT2D eigenvalue weighted by molar-refractivity contribution is 6.19. The summed E-state index contributed by atoms with van der Waals surface area (Å²) in [6.07, 6.45) is 6.04. The Bertz CT molecular complexity index is 388. The van der Waals surface area contributed by atoms with Gasteiger partial charge in [-0.1, -0.05) is 50.8 Å². The van der Waals surface area contributed by atoms with E-state index in [2.05, 4.69) is 38.6 Å². The lowest BCUT2D eigenvalue weighted by Gasteiger charge is -2.09. The second kappa shape index (κ2) is 6.55. The number of hydrogen-bond acceptors (Lipinski definition) is 0. The molecule has 0 spiro atoms. The quantitative estimate of drug-likeness (QED) is 0.515. The average Bonchev–Trinajstić information content (AvgIpc) is 2.34.